The van der Waals surface area contributed by atoms with Gasteiger partial charge in [-0.2, -0.15) is 5.26 Å². The third kappa shape index (κ3) is 3.14. The molecular weight excluding hydrogens is 276 g/mol. The molecule has 0 atom stereocenters. The maximum absolute atomic E-state index is 8.85. The van der Waals surface area contributed by atoms with E-state index in [1.165, 1.54) is 7.11 Å². The Balaban J connectivity index is 2.19. The summed E-state index contributed by atoms with van der Waals surface area (Å²) < 4.78 is 10.9. The van der Waals surface area contributed by atoms with Crippen LogP contribution in [0.25, 0.3) is 0 Å². The Morgan fingerprint density at radius 3 is 2.70 bits per heavy atom. The Morgan fingerprint density at radius 2 is 2.00 bits per heavy atom. The van der Waals surface area contributed by atoms with E-state index in [9.17, 15) is 0 Å². The second kappa shape index (κ2) is 6.18. The molecule has 0 aliphatic rings. The number of nitrogens with zero attached hydrogens (tertiary/aromatic N) is 1. The van der Waals surface area contributed by atoms with E-state index in [0.717, 1.165) is 5.56 Å². The molecule has 0 amide bonds. The SMILES string of the molecule is COc1cc(C#N)ccc1OCc1cc(N)ccc1Cl. The van der Waals surface area contributed by atoms with Crippen molar-refractivity contribution in [2.24, 2.45) is 0 Å². The lowest BCUT2D eigenvalue weighted by Crippen LogP contribution is -1.99. The molecule has 0 fully saturated rings. The number of rotatable bonds is 4. The van der Waals surface area contributed by atoms with Gasteiger partial charge in [0.1, 0.15) is 6.61 Å². The van der Waals surface area contributed by atoms with E-state index >= 15 is 0 Å². The van der Waals surface area contributed by atoms with Gasteiger partial charge in [0.25, 0.3) is 0 Å². The van der Waals surface area contributed by atoms with E-state index in [2.05, 4.69) is 0 Å². The molecule has 20 heavy (non-hydrogen) atoms. The zero-order valence-electron chi connectivity index (χ0n) is 10.9. The molecule has 2 aromatic carbocycles. The fourth-order valence-corrected chi connectivity index (χ4v) is 1.89. The Kier molecular flexibility index (Phi) is 4.34. The number of methoxy groups -OCH3 is 1. The quantitative estimate of drug-likeness (QED) is 0.876. The average Bonchev–Trinajstić information content (AvgIpc) is 2.48. The first-order chi connectivity index (χ1) is 9.63. The van der Waals surface area contributed by atoms with Crippen LogP contribution in [0.5, 0.6) is 11.5 Å². The van der Waals surface area contributed by atoms with E-state index in [4.69, 9.17) is 32.1 Å². The lowest BCUT2D eigenvalue weighted by molar-refractivity contribution is 0.284. The highest BCUT2D eigenvalue weighted by Gasteiger charge is 2.08. The number of nitrogens with two attached hydrogens (primary N) is 1. The Morgan fingerprint density at radius 1 is 1.20 bits per heavy atom. The van der Waals surface area contributed by atoms with Crippen molar-refractivity contribution in [2.75, 3.05) is 12.8 Å². The van der Waals surface area contributed by atoms with E-state index in [1.54, 1.807) is 36.4 Å². The lowest BCUT2D eigenvalue weighted by Gasteiger charge is -2.12. The highest BCUT2D eigenvalue weighted by atomic mass is 35.5. The number of hydrogen-bond acceptors (Lipinski definition) is 4. The predicted octanol–water partition coefficient (Wildman–Crippen LogP) is 3.38. The number of nitrogen functional groups attached to an aromatic ring is 1. The van der Waals surface area contributed by atoms with Gasteiger partial charge in [-0.15, -0.1) is 0 Å². The van der Waals surface area contributed by atoms with Gasteiger partial charge in [0.05, 0.1) is 18.7 Å². The molecular formula is C15H13ClN2O2. The van der Waals surface area contributed by atoms with E-state index in [1.807, 2.05) is 6.07 Å². The van der Waals surface area contributed by atoms with Gasteiger partial charge in [0, 0.05) is 22.3 Å². The van der Waals surface area contributed by atoms with Crippen LogP contribution in [0.15, 0.2) is 36.4 Å². The highest BCUT2D eigenvalue weighted by Crippen LogP contribution is 2.29. The van der Waals surface area contributed by atoms with Gasteiger partial charge in [0.2, 0.25) is 0 Å². The van der Waals surface area contributed by atoms with Crippen LogP contribution < -0.4 is 15.2 Å². The summed E-state index contributed by atoms with van der Waals surface area (Å²) in [6.07, 6.45) is 0. The molecule has 0 saturated carbocycles. The molecule has 2 rings (SSSR count). The van der Waals surface area contributed by atoms with E-state index in [0.29, 0.717) is 27.8 Å². The molecule has 0 bridgehead atoms. The molecule has 0 saturated heterocycles. The monoisotopic (exact) mass is 288 g/mol. The zero-order valence-corrected chi connectivity index (χ0v) is 11.6. The van der Waals surface area contributed by atoms with Crippen molar-refractivity contribution in [3.63, 3.8) is 0 Å². The molecule has 2 aromatic rings. The fraction of sp³-hybridized carbons (Fsp3) is 0.133. The molecule has 0 spiro atoms. The number of anilines is 1. The second-order valence-electron chi connectivity index (χ2n) is 4.12. The lowest BCUT2D eigenvalue weighted by atomic mass is 10.2. The zero-order chi connectivity index (χ0) is 14.5. The number of ether oxygens (including phenoxy) is 2. The minimum atomic E-state index is 0.270. The first-order valence-corrected chi connectivity index (χ1v) is 6.26. The van der Waals surface area contributed by atoms with Gasteiger partial charge < -0.3 is 15.2 Å². The number of benzene rings is 2. The van der Waals surface area contributed by atoms with Gasteiger partial charge in [-0.25, -0.2) is 0 Å². The van der Waals surface area contributed by atoms with Crippen molar-refractivity contribution in [1.82, 2.24) is 0 Å². The molecule has 0 heterocycles. The molecule has 0 aliphatic heterocycles. The van der Waals surface area contributed by atoms with E-state index in [-0.39, 0.29) is 6.61 Å². The van der Waals surface area contributed by atoms with Crippen LogP contribution in [0.1, 0.15) is 11.1 Å². The maximum atomic E-state index is 8.85. The molecule has 2 N–H and O–H groups in total. The van der Waals surface area contributed by atoms with Crippen molar-refractivity contribution in [3.8, 4) is 17.6 Å². The minimum Gasteiger partial charge on any atom is -0.493 e. The summed E-state index contributed by atoms with van der Waals surface area (Å²) in [6.45, 7) is 0.270. The Hall–Kier alpha value is -2.38. The third-order valence-corrected chi connectivity index (χ3v) is 3.11. The molecule has 0 radical (unpaired) electrons. The smallest absolute Gasteiger partial charge is 0.162 e. The highest BCUT2D eigenvalue weighted by molar-refractivity contribution is 6.31. The Bertz CT molecular complexity index is 665. The van der Waals surface area contributed by atoms with Crippen LogP contribution in [-0.2, 0) is 6.61 Å². The van der Waals surface area contributed by atoms with Gasteiger partial charge in [-0.3, -0.25) is 0 Å². The summed E-state index contributed by atoms with van der Waals surface area (Å²) in [5, 5.41) is 9.44. The summed E-state index contributed by atoms with van der Waals surface area (Å²) in [6, 6.07) is 12.2. The summed E-state index contributed by atoms with van der Waals surface area (Å²) >= 11 is 6.07. The predicted molar refractivity (Wildman–Crippen MR) is 77.9 cm³/mol. The van der Waals surface area contributed by atoms with Crippen LogP contribution >= 0.6 is 11.6 Å². The Labute approximate surface area is 122 Å². The van der Waals surface area contributed by atoms with Gasteiger partial charge in [-0.1, -0.05) is 11.6 Å². The van der Waals surface area contributed by atoms with Crippen LogP contribution in [0.4, 0.5) is 5.69 Å². The van der Waals surface area contributed by atoms with Crippen molar-refractivity contribution in [1.29, 1.82) is 5.26 Å². The number of halogens is 1. The molecule has 102 valence electrons. The molecule has 0 unspecified atom stereocenters. The van der Waals surface area contributed by atoms with Gasteiger partial charge >= 0.3 is 0 Å². The minimum absolute atomic E-state index is 0.270. The topological polar surface area (TPSA) is 68.3 Å². The summed E-state index contributed by atoms with van der Waals surface area (Å²) in [5.74, 6) is 1.05. The van der Waals surface area contributed by atoms with Crippen LogP contribution in [0.2, 0.25) is 5.02 Å². The van der Waals surface area contributed by atoms with Crippen molar-refractivity contribution < 1.29 is 9.47 Å². The van der Waals surface area contributed by atoms with Crippen molar-refractivity contribution in [2.45, 2.75) is 6.61 Å². The standard InChI is InChI=1S/C15H13ClN2O2/c1-19-15-6-10(8-17)2-5-14(15)20-9-11-7-12(18)3-4-13(11)16/h2-7H,9,18H2,1H3. The second-order valence-corrected chi connectivity index (χ2v) is 4.52. The van der Waals surface area contributed by atoms with Gasteiger partial charge in [-0.05, 0) is 30.3 Å². The van der Waals surface area contributed by atoms with Crippen LogP contribution in [0.3, 0.4) is 0 Å². The first-order valence-electron chi connectivity index (χ1n) is 5.89. The summed E-state index contributed by atoms with van der Waals surface area (Å²) in [5.41, 5.74) is 7.64. The number of hydrogen-bond donors (Lipinski definition) is 1. The molecule has 4 nitrogen and oxygen atoms in total. The first kappa shape index (κ1) is 14.0. The van der Waals surface area contributed by atoms with Crippen molar-refractivity contribution in [3.05, 3.63) is 52.5 Å². The largest absolute Gasteiger partial charge is 0.493 e. The molecule has 5 heteroatoms. The summed E-state index contributed by atoms with van der Waals surface area (Å²) in [4.78, 5) is 0. The summed E-state index contributed by atoms with van der Waals surface area (Å²) in [7, 11) is 1.52. The van der Waals surface area contributed by atoms with Gasteiger partial charge in [0.15, 0.2) is 11.5 Å². The third-order valence-electron chi connectivity index (χ3n) is 2.75. The van der Waals surface area contributed by atoms with Crippen LogP contribution in [0, 0.1) is 11.3 Å². The average molecular weight is 289 g/mol. The molecule has 0 aliphatic carbocycles. The molecule has 0 aromatic heterocycles. The number of nitriles is 1. The van der Waals surface area contributed by atoms with Crippen LogP contribution in [-0.4, -0.2) is 7.11 Å². The fourth-order valence-electron chi connectivity index (χ4n) is 1.72. The normalized spacial score (nSPS) is 9.85. The van der Waals surface area contributed by atoms with Crippen molar-refractivity contribution >= 4 is 17.3 Å². The maximum Gasteiger partial charge on any atom is 0.162 e. The van der Waals surface area contributed by atoms with E-state index < -0.39 is 0 Å².